The molecule has 0 bridgehead atoms. The summed E-state index contributed by atoms with van der Waals surface area (Å²) in [6.07, 6.45) is 3.78. The van der Waals surface area contributed by atoms with Gasteiger partial charge >= 0.3 is 5.97 Å². The lowest BCUT2D eigenvalue weighted by Crippen LogP contribution is -2.06. The number of aldehydes is 1. The summed E-state index contributed by atoms with van der Waals surface area (Å²) >= 11 is 0. The van der Waals surface area contributed by atoms with Gasteiger partial charge in [-0.25, -0.2) is 4.79 Å². The summed E-state index contributed by atoms with van der Waals surface area (Å²) in [6, 6.07) is 0. The minimum atomic E-state index is -0.367. The predicted octanol–water partition coefficient (Wildman–Crippen LogP) is 2.02. The van der Waals surface area contributed by atoms with Crippen molar-refractivity contribution in [3.05, 3.63) is 28.6 Å². The van der Waals surface area contributed by atoms with Crippen LogP contribution in [-0.4, -0.2) is 23.8 Å². The quantitative estimate of drug-likeness (QED) is 0.480. The van der Waals surface area contributed by atoms with Crippen LogP contribution >= 0.6 is 0 Å². The Balaban J connectivity index is 3.10. The van der Waals surface area contributed by atoms with E-state index >= 15 is 0 Å². The molecule has 1 N–H and O–H groups in total. The van der Waals surface area contributed by atoms with Gasteiger partial charge < -0.3 is 9.72 Å². The zero-order valence-corrected chi connectivity index (χ0v) is 9.66. The summed E-state index contributed by atoms with van der Waals surface area (Å²) in [7, 11) is 0. The first-order chi connectivity index (χ1) is 7.61. The van der Waals surface area contributed by atoms with Crippen molar-refractivity contribution in [3.63, 3.8) is 0 Å². The number of allylic oxidation sites excluding steroid dienone is 1. The Labute approximate surface area is 94.3 Å². The number of aromatic nitrogens is 1. The first kappa shape index (κ1) is 12.2. The second-order valence-electron chi connectivity index (χ2n) is 3.38. The largest absolute Gasteiger partial charge is 0.461 e. The molecule has 0 amide bonds. The summed E-state index contributed by atoms with van der Waals surface area (Å²) in [5, 5.41) is 0. The predicted molar refractivity (Wildman–Crippen MR) is 61.3 cm³/mol. The molecular formula is C12H15NO3. The maximum atomic E-state index is 11.6. The van der Waals surface area contributed by atoms with E-state index in [0.717, 1.165) is 16.8 Å². The number of esters is 1. The zero-order valence-electron chi connectivity index (χ0n) is 9.66. The molecule has 0 aliphatic rings. The Morgan fingerprint density at radius 1 is 1.44 bits per heavy atom. The number of aromatic amines is 1. The highest BCUT2D eigenvalue weighted by Crippen LogP contribution is 2.19. The first-order valence-electron chi connectivity index (χ1n) is 5.10. The molecule has 0 unspecified atom stereocenters. The van der Waals surface area contributed by atoms with Crippen molar-refractivity contribution in [2.24, 2.45) is 0 Å². The van der Waals surface area contributed by atoms with Gasteiger partial charge in [0, 0.05) is 5.69 Å². The first-order valence-corrected chi connectivity index (χ1v) is 5.10. The van der Waals surface area contributed by atoms with Gasteiger partial charge in [-0.2, -0.15) is 0 Å². The summed E-state index contributed by atoms with van der Waals surface area (Å²) in [5.41, 5.74) is 2.95. The van der Waals surface area contributed by atoms with Crippen LogP contribution in [0.5, 0.6) is 0 Å². The van der Waals surface area contributed by atoms with E-state index in [-0.39, 0.29) is 5.97 Å². The molecule has 1 aromatic rings. The molecule has 0 aliphatic heterocycles. The summed E-state index contributed by atoms with van der Waals surface area (Å²) in [6.45, 7) is 5.77. The van der Waals surface area contributed by atoms with Crippen molar-refractivity contribution in [1.82, 2.24) is 4.98 Å². The number of hydrogen-bond donors (Lipinski definition) is 1. The molecule has 16 heavy (non-hydrogen) atoms. The van der Waals surface area contributed by atoms with Gasteiger partial charge in [-0.1, -0.05) is 0 Å². The van der Waals surface area contributed by atoms with Crippen molar-refractivity contribution >= 4 is 18.3 Å². The lowest BCUT2D eigenvalue weighted by atomic mass is 10.1. The molecule has 4 nitrogen and oxygen atoms in total. The molecule has 0 fully saturated rings. The Kier molecular flexibility index (Phi) is 4.05. The number of H-pyrrole nitrogens is 1. The van der Waals surface area contributed by atoms with Gasteiger partial charge in [-0.3, -0.25) is 4.79 Å². The van der Waals surface area contributed by atoms with Crippen molar-refractivity contribution in [1.29, 1.82) is 0 Å². The van der Waals surface area contributed by atoms with Crippen LogP contribution in [0, 0.1) is 13.8 Å². The Morgan fingerprint density at radius 3 is 2.69 bits per heavy atom. The molecule has 0 spiro atoms. The number of aryl methyl sites for hydroxylation is 1. The fourth-order valence-electron chi connectivity index (χ4n) is 1.56. The number of rotatable bonds is 4. The van der Waals surface area contributed by atoms with Crippen LogP contribution in [-0.2, 0) is 9.53 Å². The van der Waals surface area contributed by atoms with Crippen molar-refractivity contribution in [2.45, 2.75) is 20.8 Å². The molecule has 0 atom stereocenters. The second-order valence-corrected chi connectivity index (χ2v) is 3.38. The van der Waals surface area contributed by atoms with Crippen LogP contribution in [0.1, 0.15) is 34.2 Å². The van der Waals surface area contributed by atoms with E-state index in [1.54, 1.807) is 13.0 Å². The number of carbonyl (C=O) groups is 2. The fourth-order valence-corrected chi connectivity index (χ4v) is 1.56. The molecule has 1 rings (SSSR count). The topological polar surface area (TPSA) is 59.2 Å². The lowest BCUT2D eigenvalue weighted by molar-refractivity contribution is -0.104. The van der Waals surface area contributed by atoms with Crippen molar-refractivity contribution < 1.29 is 14.3 Å². The molecule has 1 heterocycles. The molecule has 0 aromatic carbocycles. The summed E-state index contributed by atoms with van der Waals surface area (Å²) < 4.78 is 4.92. The molecule has 0 saturated heterocycles. The fraction of sp³-hybridized carbons (Fsp3) is 0.333. The maximum absolute atomic E-state index is 11.6. The van der Waals surface area contributed by atoms with Gasteiger partial charge in [0.15, 0.2) is 0 Å². The van der Waals surface area contributed by atoms with Gasteiger partial charge in [0.1, 0.15) is 12.0 Å². The van der Waals surface area contributed by atoms with Gasteiger partial charge in [-0.15, -0.1) is 0 Å². The third-order valence-electron chi connectivity index (χ3n) is 2.32. The van der Waals surface area contributed by atoms with Crippen LogP contribution in [0.4, 0.5) is 0 Å². The van der Waals surface area contributed by atoms with Crippen molar-refractivity contribution in [2.75, 3.05) is 6.61 Å². The van der Waals surface area contributed by atoms with E-state index in [4.69, 9.17) is 4.74 Å². The van der Waals surface area contributed by atoms with E-state index in [1.807, 2.05) is 13.8 Å². The number of hydrogen-bond acceptors (Lipinski definition) is 3. The number of nitrogens with one attached hydrogen (secondary N) is 1. The van der Waals surface area contributed by atoms with Gasteiger partial charge in [0.25, 0.3) is 0 Å². The van der Waals surface area contributed by atoms with Crippen LogP contribution in [0.3, 0.4) is 0 Å². The van der Waals surface area contributed by atoms with E-state index in [2.05, 4.69) is 4.98 Å². The Hall–Kier alpha value is -1.84. The molecule has 0 saturated carbocycles. The van der Waals surface area contributed by atoms with Gasteiger partial charge in [0.2, 0.25) is 0 Å². The van der Waals surface area contributed by atoms with Crippen molar-refractivity contribution in [3.8, 4) is 0 Å². The van der Waals surface area contributed by atoms with Crippen LogP contribution in [0.2, 0.25) is 0 Å². The highest BCUT2D eigenvalue weighted by molar-refractivity contribution is 5.91. The van der Waals surface area contributed by atoms with Gasteiger partial charge in [0.05, 0.1) is 6.61 Å². The van der Waals surface area contributed by atoms with Crippen LogP contribution in [0.25, 0.3) is 6.08 Å². The molecular weight excluding hydrogens is 206 g/mol. The van der Waals surface area contributed by atoms with E-state index in [0.29, 0.717) is 18.6 Å². The standard InChI is InChI=1S/C12H15NO3/c1-4-16-12(15)11-8(2)10(6-5-7-14)9(3)13-11/h5-7,13H,4H2,1-3H3/b6-5+. The SMILES string of the molecule is CCOC(=O)c1[nH]c(C)c(/C=C/C=O)c1C. The minimum absolute atomic E-state index is 0.343. The average molecular weight is 221 g/mol. The normalized spacial score (nSPS) is 10.7. The van der Waals surface area contributed by atoms with Crippen LogP contribution < -0.4 is 0 Å². The zero-order chi connectivity index (χ0) is 12.1. The molecule has 1 aromatic heterocycles. The Bertz CT molecular complexity index is 430. The summed E-state index contributed by atoms with van der Waals surface area (Å²) in [4.78, 5) is 24.8. The third-order valence-corrected chi connectivity index (χ3v) is 2.32. The Morgan fingerprint density at radius 2 is 2.12 bits per heavy atom. The third kappa shape index (κ3) is 2.39. The molecule has 86 valence electrons. The van der Waals surface area contributed by atoms with Crippen LogP contribution in [0.15, 0.2) is 6.08 Å². The summed E-state index contributed by atoms with van der Waals surface area (Å²) in [5.74, 6) is -0.367. The molecule has 0 aliphatic carbocycles. The highest BCUT2D eigenvalue weighted by Gasteiger charge is 2.16. The lowest BCUT2D eigenvalue weighted by Gasteiger charge is -2.00. The van der Waals surface area contributed by atoms with Gasteiger partial charge in [-0.05, 0) is 44.1 Å². The van der Waals surface area contributed by atoms with E-state index in [9.17, 15) is 9.59 Å². The molecule has 0 radical (unpaired) electrons. The average Bonchev–Trinajstić information content (AvgIpc) is 2.53. The van der Waals surface area contributed by atoms with E-state index < -0.39 is 0 Å². The number of carbonyl (C=O) groups excluding carboxylic acids is 2. The second kappa shape index (κ2) is 5.30. The minimum Gasteiger partial charge on any atom is -0.461 e. The maximum Gasteiger partial charge on any atom is 0.355 e. The van der Waals surface area contributed by atoms with E-state index in [1.165, 1.54) is 6.08 Å². The molecule has 4 heteroatoms. The monoisotopic (exact) mass is 221 g/mol. The highest BCUT2D eigenvalue weighted by atomic mass is 16.5. The smallest absolute Gasteiger partial charge is 0.355 e. The number of ether oxygens (including phenoxy) is 1.